The number of hydrogen-bond donors (Lipinski definition) is 2. The van der Waals surface area contributed by atoms with Gasteiger partial charge in [-0.05, 0) is 43.3 Å². The summed E-state index contributed by atoms with van der Waals surface area (Å²) in [5.74, 6) is 1.30. The quantitative estimate of drug-likeness (QED) is 0.877. The van der Waals surface area contributed by atoms with Gasteiger partial charge < -0.3 is 15.1 Å². The number of primary amides is 1. The minimum absolute atomic E-state index is 0.251. The maximum Gasteiger partial charge on any atom is 0.275 e. The topological polar surface area (TPSA) is 60.7 Å². The van der Waals surface area contributed by atoms with E-state index in [2.05, 4.69) is 0 Å². The molecular weight excluding hydrogens is 276 g/mol. The lowest BCUT2D eigenvalue weighted by molar-refractivity contribution is -0.908. The van der Waals surface area contributed by atoms with E-state index in [1.54, 1.807) is 6.92 Å². The molecular formula is C15H18ClN2O2+. The van der Waals surface area contributed by atoms with Crippen LogP contribution in [0.1, 0.15) is 12.7 Å². The van der Waals surface area contributed by atoms with E-state index in [0.717, 1.165) is 22.0 Å². The third-order valence-corrected chi connectivity index (χ3v) is 3.66. The minimum atomic E-state index is -0.313. The van der Waals surface area contributed by atoms with Gasteiger partial charge in [0.15, 0.2) is 11.8 Å². The van der Waals surface area contributed by atoms with Crippen LogP contribution in [0.4, 0.5) is 0 Å². The van der Waals surface area contributed by atoms with Gasteiger partial charge in [-0.25, -0.2) is 0 Å². The molecule has 2 aromatic rings. The Morgan fingerprint density at radius 2 is 1.95 bits per heavy atom. The average molecular weight is 294 g/mol. The van der Waals surface area contributed by atoms with Gasteiger partial charge in [0.05, 0.1) is 7.05 Å². The van der Waals surface area contributed by atoms with E-state index < -0.39 is 0 Å². The number of carbonyl (C=O) groups excluding carboxylic acids is 1. The molecule has 0 aliphatic rings. The SMILES string of the molecule is C[C@@H](C(N)=O)[NH+](C)Cc1ccc(-c2ccc(Cl)cc2)o1. The largest absolute Gasteiger partial charge is 0.455 e. The Hall–Kier alpha value is -1.78. The fourth-order valence-corrected chi connectivity index (χ4v) is 2.04. The number of likely N-dealkylation sites (N-methyl/N-ethyl adjacent to an activating group) is 1. The highest BCUT2D eigenvalue weighted by Gasteiger charge is 2.20. The third kappa shape index (κ3) is 3.40. The van der Waals surface area contributed by atoms with Gasteiger partial charge in [-0.1, -0.05) is 11.6 Å². The van der Waals surface area contributed by atoms with Crippen LogP contribution >= 0.6 is 11.6 Å². The summed E-state index contributed by atoms with van der Waals surface area (Å²) in [6, 6.07) is 11.1. The minimum Gasteiger partial charge on any atom is -0.455 e. The fourth-order valence-electron chi connectivity index (χ4n) is 1.91. The molecule has 0 saturated carbocycles. The fraction of sp³-hybridized carbons (Fsp3) is 0.267. The maximum atomic E-state index is 11.1. The van der Waals surface area contributed by atoms with Crippen LogP contribution in [-0.2, 0) is 11.3 Å². The Morgan fingerprint density at radius 1 is 1.30 bits per heavy atom. The number of rotatable bonds is 5. The zero-order valence-corrected chi connectivity index (χ0v) is 12.3. The summed E-state index contributed by atoms with van der Waals surface area (Å²) in [6.45, 7) is 2.42. The number of furan rings is 1. The Bertz CT molecular complexity index is 592. The molecule has 0 saturated heterocycles. The standard InChI is InChI=1S/C15H17ClN2O2/c1-10(15(17)19)18(2)9-13-7-8-14(20-13)11-3-5-12(16)6-4-11/h3-8,10H,9H2,1-2H3,(H2,17,19)/p+1/t10-/m0/s1. The number of amides is 1. The Balaban J connectivity index is 2.09. The van der Waals surface area contributed by atoms with Crippen molar-refractivity contribution in [3.8, 4) is 11.3 Å². The van der Waals surface area contributed by atoms with Crippen LogP contribution in [0.15, 0.2) is 40.8 Å². The number of halogens is 1. The normalized spacial score (nSPS) is 13.9. The van der Waals surface area contributed by atoms with Crippen molar-refractivity contribution in [2.75, 3.05) is 7.05 Å². The van der Waals surface area contributed by atoms with Crippen molar-refractivity contribution in [1.29, 1.82) is 0 Å². The van der Waals surface area contributed by atoms with Crippen LogP contribution in [0.3, 0.4) is 0 Å². The van der Waals surface area contributed by atoms with Crippen molar-refractivity contribution in [2.45, 2.75) is 19.5 Å². The van der Waals surface area contributed by atoms with E-state index in [-0.39, 0.29) is 11.9 Å². The summed E-state index contributed by atoms with van der Waals surface area (Å²) in [6.07, 6.45) is 0. The lowest BCUT2D eigenvalue weighted by atomic mass is 10.2. The van der Waals surface area contributed by atoms with Gasteiger partial charge in [0, 0.05) is 10.6 Å². The van der Waals surface area contributed by atoms with Crippen LogP contribution in [0, 0.1) is 0 Å². The van der Waals surface area contributed by atoms with Gasteiger partial charge in [-0.2, -0.15) is 0 Å². The van der Waals surface area contributed by atoms with E-state index in [4.69, 9.17) is 21.8 Å². The first-order chi connectivity index (χ1) is 9.47. The van der Waals surface area contributed by atoms with Crippen LogP contribution in [0.25, 0.3) is 11.3 Å². The smallest absolute Gasteiger partial charge is 0.275 e. The first-order valence-corrected chi connectivity index (χ1v) is 6.81. The summed E-state index contributed by atoms with van der Waals surface area (Å²) in [5.41, 5.74) is 6.27. The van der Waals surface area contributed by atoms with Gasteiger partial charge in [0.2, 0.25) is 0 Å². The van der Waals surface area contributed by atoms with Crippen molar-refractivity contribution in [2.24, 2.45) is 5.73 Å². The van der Waals surface area contributed by atoms with Gasteiger partial charge in [-0.3, -0.25) is 4.79 Å². The highest BCUT2D eigenvalue weighted by Crippen LogP contribution is 2.23. The molecule has 1 heterocycles. The van der Waals surface area contributed by atoms with Crippen molar-refractivity contribution < 1.29 is 14.1 Å². The van der Waals surface area contributed by atoms with Crippen molar-refractivity contribution in [3.05, 3.63) is 47.2 Å². The zero-order chi connectivity index (χ0) is 14.7. The summed E-state index contributed by atoms with van der Waals surface area (Å²) in [7, 11) is 1.92. The molecule has 5 heteroatoms. The lowest BCUT2D eigenvalue weighted by Crippen LogP contribution is -3.12. The highest BCUT2D eigenvalue weighted by atomic mass is 35.5. The van der Waals surface area contributed by atoms with Crippen LogP contribution < -0.4 is 10.6 Å². The second-order valence-corrected chi connectivity index (χ2v) is 5.36. The number of nitrogens with one attached hydrogen (secondary N) is 1. The van der Waals surface area contributed by atoms with Gasteiger partial charge in [0.1, 0.15) is 12.3 Å². The van der Waals surface area contributed by atoms with E-state index in [1.807, 2.05) is 43.4 Å². The van der Waals surface area contributed by atoms with Gasteiger partial charge in [-0.15, -0.1) is 0 Å². The van der Waals surface area contributed by atoms with E-state index in [1.165, 1.54) is 0 Å². The van der Waals surface area contributed by atoms with Crippen molar-refractivity contribution in [1.82, 2.24) is 0 Å². The summed E-state index contributed by atoms with van der Waals surface area (Å²) in [5, 5.41) is 0.694. The number of nitrogens with two attached hydrogens (primary N) is 1. The number of quaternary nitrogens is 1. The summed E-state index contributed by atoms with van der Waals surface area (Å²) < 4.78 is 5.79. The van der Waals surface area contributed by atoms with E-state index >= 15 is 0 Å². The van der Waals surface area contributed by atoms with Crippen molar-refractivity contribution >= 4 is 17.5 Å². The van der Waals surface area contributed by atoms with Gasteiger partial charge >= 0.3 is 0 Å². The molecule has 106 valence electrons. The molecule has 2 rings (SSSR count). The molecule has 2 atom stereocenters. The number of hydrogen-bond acceptors (Lipinski definition) is 2. The maximum absolute atomic E-state index is 11.1. The van der Waals surface area contributed by atoms with Crippen LogP contribution in [0.5, 0.6) is 0 Å². The Kier molecular flexibility index (Phi) is 4.47. The molecule has 0 aliphatic carbocycles. The number of carbonyl (C=O) groups is 1. The average Bonchev–Trinajstić information content (AvgIpc) is 2.87. The molecule has 20 heavy (non-hydrogen) atoms. The molecule has 4 nitrogen and oxygen atoms in total. The molecule has 1 amide bonds. The first-order valence-electron chi connectivity index (χ1n) is 6.43. The lowest BCUT2D eigenvalue weighted by Gasteiger charge is -2.17. The second-order valence-electron chi connectivity index (χ2n) is 4.92. The molecule has 1 aromatic carbocycles. The molecule has 3 N–H and O–H groups in total. The Labute approximate surface area is 123 Å². The molecule has 0 radical (unpaired) electrons. The summed E-state index contributed by atoms with van der Waals surface area (Å²) in [4.78, 5) is 12.1. The second kappa shape index (κ2) is 6.11. The summed E-state index contributed by atoms with van der Waals surface area (Å²) >= 11 is 5.86. The molecule has 0 bridgehead atoms. The predicted octanol–water partition coefficient (Wildman–Crippen LogP) is 1.49. The molecule has 0 aliphatic heterocycles. The molecule has 1 aromatic heterocycles. The van der Waals surface area contributed by atoms with Crippen LogP contribution in [-0.4, -0.2) is 19.0 Å². The van der Waals surface area contributed by atoms with E-state index in [9.17, 15) is 4.79 Å². The van der Waals surface area contributed by atoms with E-state index in [0.29, 0.717) is 11.6 Å². The number of benzene rings is 1. The first kappa shape index (κ1) is 14.6. The monoisotopic (exact) mass is 293 g/mol. The highest BCUT2D eigenvalue weighted by molar-refractivity contribution is 6.30. The van der Waals surface area contributed by atoms with Gasteiger partial charge in [0.25, 0.3) is 5.91 Å². The zero-order valence-electron chi connectivity index (χ0n) is 11.5. The molecule has 0 spiro atoms. The molecule has 1 unspecified atom stereocenters. The third-order valence-electron chi connectivity index (χ3n) is 3.41. The molecule has 0 fully saturated rings. The van der Waals surface area contributed by atoms with Crippen molar-refractivity contribution in [3.63, 3.8) is 0 Å². The predicted molar refractivity (Wildman–Crippen MR) is 78.4 cm³/mol. The van der Waals surface area contributed by atoms with Crippen LogP contribution in [0.2, 0.25) is 5.02 Å². The Morgan fingerprint density at radius 3 is 2.55 bits per heavy atom.